The quantitative estimate of drug-likeness (QED) is 0.0331. The Bertz CT molecular complexity index is 1790. The number of carboxylic acid groups (broad SMARTS) is 3. The van der Waals surface area contributed by atoms with Gasteiger partial charge in [0.05, 0.1) is 56.9 Å². The molecule has 402 valence electrons. The van der Waals surface area contributed by atoms with Crippen molar-refractivity contribution in [3.05, 3.63) is 0 Å². The van der Waals surface area contributed by atoms with Crippen LogP contribution in [-0.2, 0) is 38.4 Å². The number of aliphatic carboxylic acids is 3. The fourth-order valence-electron chi connectivity index (χ4n) is 8.94. The molecule has 3 aliphatic rings. The number of hydrogen-bond donors (Lipinski definition) is 10. The number of carboxylic acids is 3. The number of nitrogens with zero attached hydrogens (tertiary/aromatic N) is 6. The first-order valence-electron chi connectivity index (χ1n) is 25.1. The maximum Gasteiger partial charge on any atom is 0.317 e. The van der Waals surface area contributed by atoms with Crippen molar-refractivity contribution in [2.45, 2.75) is 109 Å². The van der Waals surface area contributed by atoms with E-state index < -0.39 is 71.5 Å². The molecule has 25 nitrogen and oxygen atoms in total. The number of nitrogens with two attached hydrogens (primary N) is 2. The van der Waals surface area contributed by atoms with E-state index in [4.69, 9.17) is 11.5 Å². The number of nitrogens with one attached hydrogen (secondary N) is 5. The number of carbonyl (C=O) groups is 9. The summed E-state index contributed by atoms with van der Waals surface area (Å²) in [5.74, 6) is -6.16. The van der Waals surface area contributed by atoms with Gasteiger partial charge in [-0.15, -0.1) is 0 Å². The fourth-order valence-corrected chi connectivity index (χ4v) is 8.94. The van der Waals surface area contributed by atoms with Crippen molar-refractivity contribution < 1.29 is 58.5 Å². The summed E-state index contributed by atoms with van der Waals surface area (Å²) in [5, 5.41) is 41.8. The minimum Gasteiger partial charge on any atom is -0.480 e. The SMILES string of the molecule is CC1CCCCNC(=O)C(NCC(=O)CN2CCN(CC(=O)O)CCN(CC(=O)O)CCN(CC(=O)O)CC2)CCCCNC(=O)N[C@@H](C(C)C)C(=O)C(=O)[C@@H]2CCCN2N[C@@H](CCCN=C(N)N)C1=O. The maximum atomic E-state index is 14.0. The van der Waals surface area contributed by atoms with Crippen LogP contribution >= 0.6 is 0 Å². The molecule has 0 saturated carbocycles. The Hall–Kier alpha value is -5.18. The molecule has 0 bridgehead atoms. The Labute approximate surface area is 416 Å². The molecule has 0 radical (unpaired) electrons. The Morgan fingerprint density at radius 2 is 1.21 bits per heavy atom. The molecule has 2 unspecified atom stereocenters. The normalized spacial score (nSPS) is 25.2. The Morgan fingerprint density at radius 1 is 0.690 bits per heavy atom. The highest BCUT2D eigenvalue weighted by molar-refractivity contribution is 6.41. The Balaban J connectivity index is 1.75. The molecule has 3 heterocycles. The summed E-state index contributed by atoms with van der Waals surface area (Å²) >= 11 is 0. The number of fused-ring (bicyclic) bond motifs is 1. The minimum atomic E-state index is -1.11. The molecule has 0 aromatic rings. The van der Waals surface area contributed by atoms with Crippen molar-refractivity contribution in [1.29, 1.82) is 0 Å². The van der Waals surface area contributed by atoms with Crippen molar-refractivity contribution >= 4 is 58.9 Å². The average Bonchev–Trinajstić information content (AvgIpc) is 3.76. The van der Waals surface area contributed by atoms with Crippen LogP contribution in [0.2, 0.25) is 0 Å². The van der Waals surface area contributed by atoms with Crippen molar-refractivity contribution in [3.63, 3.8) is 0 Å². The van der Waals surface area contributed by atoms with Crippen LogP contribution in [0, 0.1) is 11.8 Å². The highest BCUT2D eigenvalue weighted by Gasteiger charge is 2.40. The molecule has 5 atom stereocenters. The number of amides is 3. The lowest BCUT2D eigenvalue weighted by Gasteiger charge is -2.33. The topological polar surface area (TPSA) is 355 Å². The van der Waals surface area contributed by atoms with Gasteiger partial charge in [-0.3, -0.25) is 68.3 Å². The van der Waals surface area contributed by atoms with Crippen LogP contribution in [0.5, 0.6) is 0 Å². The van der Waals surface area contributed by atoms with Gasteiger partial charge in [-0.2, -0.15) is 0 Å². The molecule has 0 aromatic heterocycles. The van der Waals surface area contributed by atoms with Crippen LogP contribution < -0.4 is 38.2 Å². The van der Waals surface area contributed by atoms with E-state index in [0.29, 0.717) is 77.3 Å². The number of aliphatic imine (C=N–C) groups is 1. The van der Waals surface area contributed by atoms with E-state index in [1.165, 1.54) is 0 Å². The van der Waals surface area contributed by atoms with Gasteiger partial charge in [0.25, 0.3) is 0 Å². The molecule has 71 heavy (non-hydrogen) atoms. The predicted octanol–water partition coefficient (Wildman–Crippen LogP) is -2.48. The number of hydrogen-bond acceptors (Lipinski definition) is 17. The van der Waals surface area contributed by atoms with E-state index in [1.807, 2.05) is 11.8 Å². The lowest BCUT2D eigenvalue weighted by atomic mass is 9.92. The first-order chi connectivity index (χ1) is 33.7. The van der Waals surface area contributed by atoms with Crippen LogP contribution in [0.15, 0.2) is 4.99 Å². The summed E-state index contributed by atoms with van der Waals surface area (Å²) in [6.45, 7) is 7.25. The molecule has 0 aromatic carbocycles. The molecule has 0 spiro atoms. The summed E-state index contributed by atoms with van der Waals surface area (Å²) < 4.78 is 0. The highest BCUT2D eigenvalue weighted by atomic mass is 16.4. The van der Waals surface area contributed by atoms with E-state index in [1.54, 1.807) is 33.6 Å². The predicted molar refractivity (Wildman–Crippen MR) is 262 cm³/mol. The zero-order valence-corrected chi connectivity index (χ0v) is 41.9. The van der Waals surface area contributed by atoms with E-state index >= 15 is 0 Å². The summed E-state index contributed by atoms with van der Waals surface area (Å²) in [7, 11) is 0. The van der Waals surface area contributed by atoms with Crippen LogP contribution in [-0.4, -0.2) is 234 Å². The summed E-state index contributed by atoms with van der Waals surface area (Å²) in [6, 6.07) is -4.07. The zero-order valence-electron chi connectivity index (χ0n) is 41.9. The molecular weight excluding hydrogens is 927 g/mol. The number of rotatable bonds is 16. The second kappa shape index (κ2) is 32.0. The summed E-state index contributed by atoms with van der Waals surface area (Å²) in [5.41, 5.74) is 14.3. The average molecular weight is 1010 g/mol. The largest absolute Gasteiger partial charge is 0.480 e. The monoisotopic (exact) mass is 1010 g/mol. The van der Waals surface area contributed by atoms with Crippen LogP contribution in [0.3, 0.4) is 0 Å². The van der Waals surface area contributed by atoms with Crippen molar-refractivity contribution in [1.82, 2.24) is 51.3 Å². The fraction of sp³-hybridized carbons (Fsp3) is 0.783. The third kappa shape index (κ3) is 23.3. The minimum absolute atomic E-state index is 0.0707. The molecular formula is C46H81N13O12. The Morgan fingerprint density at radius 3 is 1.73 bits per heavy atom. The van der Waals surface area contributed by atoms with Gasteiger partial charge in [0.15, 0.2) is 17.5 Å². The van der Waals surface area contributed by atoms with Gasteiger partial charge in [0.1, 0.15) is 0 Å². The number of Topliss-reactive ketones (excluding diaryl/α,β-unsaturated/α-hetero) is 4. The molecule has 3 amide bonds. The number of guanidine groups is 1. The van der Waals surface area contributed by atoms with E-state index in [2.05, 4.69) is 31.7 Å². The number of carbonyl (C=O) groups excluding carboxylic acids is 6. The number of hydrazine groups is 1. The van der Waals surface area contributed by atoms with Gasteiger partial charge >= 0.3 is 23.9 Å². The number of ketones is 4. The molecule has 3 fully saturated rings. The smallest absolute Gasteiger partial charge is 0.317 e. The molecule has 0 aliphatic carbocycles. The molecule has 25 heteroatoms. The first kappa shape index (κ1) is 60.1. The third-order valence-electron chi connectivity index (χ3n) is 13.0. The zero-order chi connectivity index (χ0) is 52.5. The van der Waals surface area contributed by atoms with Crippen LogP contribution in [0.25, 0.3) is 0 Å². The van der Waals surface area contributed by atoms with Crippen molar-refractivity contribution in [2.24, 2.45) is 28.3 Å². The van der Waals surface area contributed by atoms with Gasteiger partial charge in [0, 0.05) is 84.5 Å². The van der Waals surface area contributed by atoms with Gasteiger partial charge < -0.3 is 42.7 Å². The van der Waals surface area contributed by atoms with Crippen LogP contribution in [0.4, 0.5) is 4.79 Å². The van der Waals surface area contributed by atoms with E-state index in [0.717, 1.165) is 0 Å². The van der Waals surface area contributed by atoms with Crippen LogP contribution in [0.1, 0.15) is 85.0 Å². The lowest BCUT2D eigenvalue weighted by molar-refractivity contribution is -0.142. The second-order valence-electron chi connectivity index (χ2n) is 19.2. The molecule has 3 saturated heterocycles. The molecule has 3 aliphatic heterocycles. The lowest BCUT2D eigenvalue weighted by Crippen LogP contribution is -2.57. The standard InChI is InChI=1S/C46H81N13O12/c1-31(2)40-43(69)42(68)36-13-9-17-59(36)54-34(12-8-16-50-45(47)48)41(67)32(3)10-4-6-14-49-44(70)35(11-5-7-15-51-46(71)53-40)52-26-33(60)27-55-18-20-56(28-37(61)62)22-24-58(30-39(65)66)25-23-57(21-19-55)29-38(63)64/h31-32,34-36,40,52,54H,4-30H2,1-3H3,(H,49,70)(H,61,62)(H,63,64)(H,65,66)(H4,47,48,50)(H2,51,53,71)/t32?,34-,35?,36-,40-/m0/s1. The van der Waals surface area contributed by atoms with E-state index in [-0.39, 0.29) is 122 Å². The van der Waals surface area contributed by atoms with Gasteiger partial charge in [-0.05, 0) is 63.7 Å². The first-order valence-corrected chi connectivity index (χ1v) is 25.1. The highest BCUT2D eigenvalue weighted by Crippen LogP contribution is 2.21. The maximum absolute atomic E-state index is 14.0. The second-order valence-corrected chi connectivity index (χ2v) is 19.2. The number of urea groups is 1. The van der Waals surface area contributed by atoms with Crippen molar-refractivity contribution in [3.8, 4) is 0 Å². The third-order valence-corrected chi connectivity index (χ3v) is 13.0. The van der Waals surface area contributed by atoms with Gasteiger partial charge in [0.2, 0.25) is 17.5 Å². The molecule has 12 N–H and O–H groups in total. The van der Waals surface area contributed by atoms with Crippen molar-refractivity contribution in [2.75, 3.05) is 111 Å². The Kier molecular flexibility index (Phi) is 27.1. The summed E-state index contributed by atoms with van der Waals surface area (Å²) in [6.07, 6.45) is 4.72. The molecule has 3 rings (SSSR count). The van der Waals surface area contributed by atoms with Gasteiger partial charge in [-0.25, -0.2) is 15.2 Å². The summed E-state index contributed by atoms with van der Waals surface area (Å²) in [4.78, 5) is 128. The van der Waals surface area contributed by atoms with Gasteiger partial charge in [-0.1, -0.05) is 27.2 Å². The van der Waals surface area contributed by atoms with E-state index in [9.17, 15) is 58.5 Å².